The summed E-state index contributed by atoms with van der Waals surface area (Å²) in [7, 11) is 0. The summed E-state index contributed by atoms with van der Waals surface area (Å²) < 4.78 is 0. The molecule has 0 spiro atoms. The van der Waals surface area contributed by atoms with Crippen molar-refractivity contribution in [3.8, 4) is 45.3 Å². The van der Waals surface area contributed by atoms with Crippen molar-refractivity contribution in [3.05, 3.63) is 205 Å². The maximum absolute atomic E-state index is 5.14. The van der Waals surface area contributed by atoms with Crippen molar-refractivity contribution >= 4 is 22.2 Å². The highest BCUT2D eigenvalue weighted by Crippen LogP contribution is 2.36. The molecule has 5 nitrogen and oxygen atoms in total. The van der Waals surface area contributed by atoms with E-state index in [-0.39, 0.29) is 6.17 Å². The lowest BCUT2D eigenvalue weighted by Gasteiger charge is -2.26. The van der Waals surface area contributed by atoms with E-state index in [9.17, 15) is 0 Å². The highest BCUT2D eigenvalue weighted by Gasteiger charge is 2.21. The Morgan fingerprint density at radius 1 is 0.365 bits per heavy atom. The summed E-state index contributed by atoms with van der Waals surface area (Å²) in [5.74, 6) is 1.94. The lowest BCUT2D eigenvalue weighted by molar-refractivity contribution is 0.664. The van der Waals surface area contributed by atoms with Gasteiger partial charge in [-0.25, -0.2) is 15.0 Å². The molecule has 1 N–H and O–H groups in total. The number of nitrogens with one attached hydrogen (secondary N) is 1. The summed E-state index contributed by atoms with van der Waals surface area (Å²) >= 11 is 0. The number of aromatic nitrogens is 3. The number of nitrogens with zero attached hydrogens (tertiary/aromatic N) is 4. The molecule has 0 saturated heterocycles. The molecule has 1 aromatic heterocycles. The smallest absolute Gasteiger partial charge is 0.164 e. The van der Waals surface area contributed by atoms with Crippen LogP contribution in [0.4, 0.5) is 0 Å². The van der Waals surface area contributed by atoms with Gasteiger partial charge in [-0.2, -0.15) is 0 Å². The molecule has 1 atom stereocenters. The maximum Gasteiger partial charge on any atom is 0.164 e. The van der Waals surface area contributed by atoms with Gasteiger partial charge in [0.1, 0.15) is 6.17 Å². The maximum atomic E-state index is 5.14. The topological polar surface area (TPSA) is 63.1 Å². The van der Waals surface area contributed by atoms with Gasteiger partial charge in [0.15, 0.2) is 17.5 Å². The van der Waals surface area contributed by atoms with Gasteiger partial charge in [0, 0.05) is 28.0 Å². The molecule has 9 rings (SSSR count). The van der Waals surface area contributed by atoms with Crippen LogP contribution in [0.1, 0.15) is 22.9 Å². The van der Waals surface area contributed by atoms with Gasteiger partial charge in [0.25, 0.3) is 0 Å². The van der Waals surface area contributed by atoms with Crippen LogP contribution in [0.3, 0.4) is 0 Å². The van der Waals surface area contributed by atoms with Crippen molar-refractivity contribution in [2.45, 2.75) is 6.17 Å². The molecule has 0 fully saturated rings. The van der Waals surface area contributed by atoms with E-state index < -0.39 is 0 Å². The standard InChI is InChI=1S/C47H33N5/c1-5-15-33(16-6-1)42-31-43(49-44(48-42)34-17-7-2-8-18-34)41-30-29-38(39-23-13-14-24-40(39)41)32-25-27-37(28-26-32)47-51-45(35-19-9-3-10-20-35)50-46(52-47)36-21-11-4-12-22-36/h1-31,44,49H. The fourth-order valence-corrected chi connectivity index (χ4v) is 6.77. The predicted molar refractivity (Wildman–Crippen MR) is 212 cm³/mol. The average molecular weight is 668 g/mol. The SMILES string of the molecule is C1=C(c2ccc(-c3ccc(-c4nc(-c5ccccc5)nc(-c5ccccc5)n4)cc3)c3ccccc23)NC(c2ccccc2)N=C1c1ccccc1. The molecule has 246 valence electrons. The molecule has 1 unspecified atom stereocenters. The Balaban J connectivity index is 1.10. The Bertz CT molecular complexity index is 2510. The Morgan fingerprint density at radius 3 is 1.35 bits per heavy atom. The molecule has 1 aliphatic rings. The molecule has 1 aliphatic heterocycles. The summed E-state index contributed by atoms with van der Waals surface area (Å²) in [6, 6.07) is 62.6. The van der Waals surface area contributed by atoms with E-state index >= 15 is 0 Å². The first-order valence-corrected chi connectivity index (χ1v) is 17.4. The van der Waals surface area contributed by atoms with E-state index in [1.165, 1.54) is 10.8 Å². The molecule has 2 heterocycles. The zero-order chi connectivity index (χ0) is 34.7. The molecule has 0 bridgehead atoms. The van der Waals surface area contributed by atoms with Gasteiger partial charge in [-0.05, 0) is 39.1 Å². The van der Waals surface area contributed by atoms with Gasteiger partial charge in [0.05, 0.1) is 5.71 Å². The van der Waals surface area contributed by atoms with E-state index in [4.69, 9.17) is 19.9 Å². The average Bonchev–Trinajstić information content (AvgIpc) is 3.24. The number of benzene rings is 7. The minimum Gasteiger partial charge on any atom is -0.359 e. The van der Waals surface area contributed by atoms with Crippen molar-refractivity contribution in [2.24, 2.45) is 4.99 Å². The molecule has 0 aliphatic carbocycles. The van der Waals surface area contributed by atoms with Gasteiger partial charge in [-0.1, -0.05) is 182 Å². The predicted octanol–water partition coefficient (Wildman–Crippen LogP) is 10.8. The molecular formula is C47H33N5. The highest BCUT2D eigenvalue weighted by molar-refractivity contribution is 6.14. The zero-order valence-corrected chi connectivity index (χ0v) is 28.3. The summed E-state index contributed by atoms with van der Waals surface area (Å²) in [5.41, 5.74) is 10.4. The van der Waals surface area contributed by atoms with Crippen LogP contribution in [0.2, 0.25) is 0 Å². The van der Waals surface area contributed by atoms with Gasteiger partial charge < -0.3 is 5.32 Å². The third-order valence-electron chi connectivity index (χ3n) is 9.39. The van der Waals surface area contributed by atoms with Gasteiger partial charge in [0.2, 0.25) is 0 Å². The lowest BCUT2D eigenvalue weighted by Crippen LogP contribution is -2.25. The lowest BCUT2D eigenvalue weighted by atomic mass is 9.92. The zero-order valence-electron chi connectivity index (χ0n) is 28.3. The number of allylic oxidation sites excluding steroid dienone is 1. The van der Waals surface area contributed by atoms with Crippen molar-refractivity contribution in [1.82, 2.24) is 20.3 Å². The van der Waals surface area contributed by atoms with Crippen LogP contribution < -0.4 is 5.32 Å². The van der Waals surface area contributed by atoms with Crippen molar-refractivity contribution in [3.63, 3.8) is 0 Å². The van der Waals surface area contributed by atoms with E-state index in [0.717, 1.165) is 55.9 Å². The van der Waals surface area contributed by atoms with Crippen LogP contribution in [-0.4, -0.2) is 20.7 Å². The van der Waals surface area contributed by atoms with Crippen LogP contribution in [-0.2, 0) is 0 Å². The Kier molecular flexibility index (Phi) is 8.20. The monoisotopic (exact) mass is 667 g/mol. The second-order valence-electron chi connectivity index (χ2n) is 12.7. The molecule has 0 radical (unpaired) electrons. The number of rotatable bonds is 7. The summed E-state index contributed by atoms with van der Waals surface area (Å²) in [6.45, 7) is 0. The molecule has 7 aromatic carbocycles. The normalized spacial score (nSPS) is 14.0. The number of hydrogen-bond donors (Lipinski definition) is 1. The highest BCUT2D eigenvalue weighted by atomic mass is 15.1. The van der Waals surface area contributed by atoms with Crippen molar-refractivity contribution < 1.29 is 0 Å². The fraction of sp³-hybridized carbons (Fsp3) is 0.0213. The van der Waals surface area contributed by atoms with Crippen LogP contribution in [0, 0.1) is 0 Å². The van der Waals surface area contributed by atoms with Crippen LogP contribution >= 0.6 is 0 Å². The van der Waals surface area contributed by atoms with Crippen molar-refractivity contribution in [1.29, 1.82) is 0 Å². The Hall–Kier alpha value is -6.98. The van der Waals surface area contributed by atoms with Gasteiger partial charge >= 0.3 is 0 Å². The third kappa shape index (κ3) is 6.16. The van der Waals surface area contributed by atoms with E-state index in [2.05, 4.69) is 121 Å². The van der Waals surface area contributed by atoms with E-state index in [0.29, 0.717) is 17.5 Å². The summed E-state index contributed by atoms with van der Waals surface area (Å²) in [5, 5.41) is 6.09. The molecule has 52 heavy (non-hydrogen) atoms. The van der Waals surface area contributed by atoms with Gasteiger partial charge in [-0.3, -0.25) is 4.99 Å². The quantitative estimate of drug-likeness (QED) is 0.184. The second kappa shape index (κ2) is 13.7. The second-order valence-corrected chi connectivity index (χ2v) is 12.7. The molecule has 0 saturated carbocycles. The largest absolute Gasteiger partial charge is 0.359 e. The summed E-state index contributed by atoms with van der Waals surface area (Å²) in [6.07, 6.45) is 1.97. The van der Waals surface area contributed by atoms with Crippen LogP contribution in [0.15, 0.2) is 193 Å². The molecular weight excluding hydrogens is 635 g/mol. The van der Waals surface area contributed by atoms with Crippen LogP contribution in [0.5, 0.6) is 0 Å². The summed E-state index contributed by atoms with van der Waals surface area (Å²) in [4.78, 5) is 19.8. The molecule has 5 heteroatoms. The molecule has 0 amide bonds. The fourth-order valence-electron chi connectivity index (χ4n) is 6.77. The minimum absolute atomic E-state index is 0.206. The first-order chi connectivity index (χ1) is 25.8. The third-order valence-corrected chi connectivity index (χ3v) is 9.39. The first kappa shape index (κ1) is 31.0. The van der Waals surface area contributed by atoms with Crippen LogP contribution in [0.25, 0.3) is 61.8 Å². The minimum atomic E-state index is -0.206. The molecule has 8 aromatic rings. The van der Waals surface area contributed by atoms with Gasteiger partial charge in [-0.15, -0.1) is 0 Å². The Labute approximate surface area is 302 Å². The number of aliphatic imine (C=N–C) groups is 1. The Morgan fingerprint density at radius 2 is 0.788 bits per heavy atom. The number of hydrogen-bond acceptors (Lipinski definition) is 5. The van der Waals surface area contributed by atoms with E-state index in [1.54, 1.807) is 0 Å². The van der Waals surface area contributed by atoms with Crippen molar-refractivity contribution in [2.75, 3.05) is 0 Å². The number of fused-ring (bicyclic) bond motifs is 1. The first-order valence-electron chi connectivity index (χ1n) is 17.4. The van der Waals surface area contributed by atoms with E-state index in [1.807, 2.05) is 72.8 Å².